The Kier molecular flexibility index (Phi) is 7.04. The molecule has 0 saturated carbocycles. The molecule has 3 aromatic carbocycles. The van der Waals surface area contributed by atoms with Gasteiger partial charge in [0.1, 0.15) is 11.6 Å². The van der Waals surface area contributed by atoms with Crippen LogP contribution in [0, 0.1) is 11.7 Å². The third kappa shape index (κ3) is 4.79. The molecule has 1 N–H and O–H groups in total. The number of rotatable bonds is 6. The molecule has 3 aromatic rings. The van der Waals surface area contributed by atoms with Gasteiger partial charge < -0.3 is 24.2 Å². The molecule has 2 heterocycles. The molecule has 0 radical (unpaired) electrons. The molecule has 5 nitrogen and oxygen atoms in total. The molecule has 0 aliphatic carbocycles. The van der Waals surface area contributed by atoms with E-state index < -0.39 is 6.10 Å². The van der Waals surface area contributed by atoms with Gasteiger partial charge in [0.2, 0.25) is 0 Å². The predicted molar refractivity (Wildman–Crippen MR) is 133 cm³/mol. The Morgan fingerprint density at radius 1 is 0.943 bits per heavy atom. The van der Waals surface area contributed by atoms with E-state index >= 15 is 0 Å². The Morgan fingerprint density at radius 3 is 2.34 bits per heavy atom. The number of ether oxygens (including phenoxy) is 3. The highest BCUT2D eigenvalue weighted by atomic mass is 19.1. The fraction of sp³-hybridized carbons (Fsp3) is 0.379. The average molecular weight is 478 g/mol. The smallest absolute Gasteiger partial charge is 0.159 e. The van der Waals surface area contributed by atoms with Gasteiger partial charge in [0.15, 0.2) is 6.29 Å². The molecule has 184 valence electrons. The molecule has 2 aliphatic rings. The zero-order valence-corrected chi connectivity index (χ0v) is 20.2. The maximum Gasteiger partial charge on any atom is 0.159 e. The number of phenols is 1. The van der Waals surface area contributed by atoms with E-state index in [0.717, 1.165) is 42.6 Å². The molecule has 0 unspecified atom stereocenters. The lowest BCUT2D eigenvalue weighted by molar-refractivity contribution is -0.141. The lowest BCUT2D eigenvalue weighted by atomic mass is 9.79. The van der Waals surface area contributed by atoms with Crippen LogP contribution >= 0.6 is 0 Å². The van der Waals surface area contributed by atoms with Crippen molar-refractivity contribution in [2.24, 2.45) is 5.92 Å². The summed E-state index contributed by atoms with van der Waals surface area (Å²) in [4.78, 5) is 2.39. The molecule has 5 rings (SSSR count). The van der Waals surface area contributed by atoms with E-state index in [2.05, 4.69) is 29.2 Å². The average Bonchev–Trinajstić information content (AvgIpc) is 2.89. The second-order valence-electron chi connectivity index (χ2n) is 9.37. The molecule has 6 heteroatoms. The maximum atomic E-state index is 14.8. The zero-order chi connectivity index (χ0) is 24.4. The van der Waals surface area contributed by atoms with E-state index in [1.165, 1.54) is 11.8 Å². The van der Waals surface area contributed by atoms with Gasteiger partial charge in [0.05, 0.1) is 12.7 Å². The van der Waals surface area contributed by atoms with Crippen LogP contribution in [0.3, 0.4) is 0 Å². The molecule has 2 atom stereocenters. The fourth-order valence-corrected chi connectivity index (χ4v) is 5.59. The zero-order valence-electron chi connectivity index (χ0n) is 20.2. The van der Waals surface area contributed by atoms with Crippen LogP contribution in [-0.2, 0) is 20.8 Å². The van der Waals surface area contributed by atoms with Gasteiger partial charge in [0.25, 0.3) is 0 Å². The maximum absolute atomic E-state index is 14.8. The van der Waals surface area contributed by atoms with E-state index in [-0.39, 0.29) is 23.8 Å². The third-order valence-corrected chi connectivity index (χ3v) is 7.40. The summed E-state index contributed by atoms with van der Waals surface area (Å²) in [5, 5.41) is 10.0. The van der Waals surface area contributed by atoms with Gasteiger partial charge in [-0.1, -0.05) is 36.4 Å². The number of halogens is 1. The summed E-state index contributed by atoms with van der Waals surface area (Å²) in [7, 11) is 3.39. The second-order valence-corrected chi connectivity index (χ2v) is 9.37. The number of fused-ring (bicyclic) bond motifs is 1. The first-order chi connectivity index (χ1) is 17.1. The van der Waals surface area contributed by atoms with Crippen molar-refractivity contribution in [3.63, 3.8) is 0 Å². The van der Waals surface area contributed by atoms with E-state index in [9.17, 15) is 9.50 Å². The summed E-state index contributed by atoms with van der Waals surface area (Å²) < 4.78 is 31.9. The van der Waals surface area contributed by atoms with E-state index in [0.29, 0.717) is 18.1 Å². The lowest BCUT2D eigenvalue weighted by Crippen LogP contribution is -2.39. The van der Waals surface area contributed by atoms with Crippen LogP contribution in [0.5, 0.6) is 5.75 Å². The van der Waals surface area contributed by atoms with Crippen molar-refractivity contribution in [1.82, 2.24) is 0 Å². The predicted octanol–water partition coefficient (Wildman–Crippen LogP) is 5.77. The Balaban J connectivity index is 1.42. The largest absolute Gasteiger partial charge is 0.508 e. The van der Waals surface area contributed by atoms with Gasteiger partial charge in [-0.3, -0.25) is 0 Å². The van der Waals surface area contributed by atoms with Gasteiger partial charge in [-0.2, -0.15) is 0 Å². The first-order valence-electron chi connectivity index (χ1n) is 12.2. The van der Waals surface area contributed by atoms with Gasteiger partial charge in [0, 0.05) is 50.4 Å². The molecule has 35 heavy (non-hydrogen) atoms. The van der Waals surface area contributed by atoms with E-state index in [1.807, 2.05) is 12.1 Å². The van der Waals surface area contributed by atoms with Crippen LogP contribution in [0.2, 0.25) is 0 Å². The van der Waals surface area contributed by atoms with Crippen molar-refractivity contribution in [3.8, 4) is 5.75 Å². The number of hydrogen-bond donors (Lipinski definition) is 1. The standard InChI is InChI=1S/C29H32FNO4/c1-33-29(34-2)20-13-15-31(16-14-20)22-9-7-19(8-10-22)27-24-12-11-23(32)17-21(24)18-35-28(27)25-5-3-4-6-26(25)30/h3-12,17,20,27-29,32H,13-16,18H2,1-2H3/t27-,28-/m0/s1. The summed E-state index contributed by atoms with van der Waals surface area (Å²) >= 11 is 0. The van der Waals surface area contributed by atoms with Gasteiger partial charge >= 0.3 is 0 Å². The molecule has 2 aliphatic heterocycles. The van der Waals surface area contributed by atoms with Crippen LogP contribution < -0.4 is 4.90 Å². The van der Waals surface area contributed by atoms with E-state index in [4.69, 9.17) is 14.2 Å². The molecule has 0 aromatic heterocycles. The van der Waals surface area contributed by atoms with Crippen LogP contribution in [0.15, 0.2) is 66.7 Å². The van der Waals surface area contributed by atoms with Gasteiger partial charge in [-0.05, 0) is 59.9 Å². The van der Waals surface area contributed by atoms with Crippen molar-refractivity contribution in [1.29, 1.82) is 0 Å². The van der Waals surface area contributed by atoms with Crippen molar-refractivity contribution in [2.75, 3.05) is 32.2 Å². The number of piperidine rings is 1. The summed E-state index contributed by atoms with van der Waals surface area (Å²) in [5.74, 6) is 0.155. The van der Waals surface area contributed by atoms with Crippen molar-refractivity contribution < 1.29 is 23.7 Å². The molecular weight excluding hydrogens is 445 g/mol. The summed E-state index contributed by atoms with van der Waals surface area (Å²) in [6.07, 6.45) is 1.42. The van der Waals surface area contributed by atoms with Crippen LogP contribution in [-0.4, -0.2) is 38.7 Å². The van der Waals surface area contributed by atoms with Crippen molar-refractivity contribution in [3.05, 3.63) is 94.8 Å². The van der Waals surface area contributed by atoms with Crippen molar-refractivity contribution in [2.45, 2.75) is 37.8 Å². The van der Waals surface area contributed by atoms with Crippen LogP contribution in [0.25, 0.3) is 0 Å². The Labute approximate surface area is 206 Å². The highest BCUT2D eigenvalue weighted by molar-refractivity contribution is 5.52. The monoisotopic (exact) mass is 477 g/mol. The van der Waals surface area contributed by atoms with E-state index in [1.54, 1.807) is 38.5 Å². The third-order valence-electron chi connectivity index (χ3n) is 7.40. The molecule has 0 bridgehead atoms. The van der Waals surface area contributed by atoms with Crippen molar-refractivity contribution >= 4 is 5.69 Å². The molecule has 1 saturated heterocycles. The number of hydrogen-bond acceptors (Lipinski definition) is 5. The number of methoxy groups -OCH3 is 2. The highest BCUT2D eigenvalue weighted by Crippen LogP contribution is 2.46. The minimum Gasteiger partial charge on any atom is -0.508 e. The fourth-order valence-electron chi connectivity index (χ4n) is 5.59. The molecule has 1 fully saturated rings. The number of nitrogens with zero attached hydrogens (tertiary/aromatic N) is 1. The Bertz CT molecular complexity index is 1140. The minimum absolute atomic E-state index is 0.152. The Hall–Kier alpha value is -2.93. The lowest BCUT2D eigenvalue weighted by Gasteiger charge is -2.37. The molecular formula is C29H32FNO4. The summed E-state index contributed by atoms with van der Waals surface area (Å²) in [6.45, 7) is 2.22. The number of benzene rings is 3. The number of phenolic OH excluding ortho intramolecular Hbond substituents is 1. The SMILES string of the molecule is COC(OC)C1CCN(c2ccc([C@H]3c4ccc(O)cc4CO[C@H]3c3ccccc3F)cc2)CC1. The number of aromatic hydroxyl groups is 1. The van der Waals surface area contributed by atoms with Crippen LogP contribution in [0.4, 0.5) is 10.1 Å². The second kappa shape index (κ2) is 10.4. The van der Waals surface area contributed by atoms with Crippen LogP contribution in [0.1, 0.15) is 47.1 Å². The molecule has 0 amide bonds. The van der Waals surface area contributed by atoms with Gasteiger partial charge in [-0.15, -0.1) is 0 Å². The quantitative estimate of drug-likeness (QED) is 0.457. The minimum atomic E-state index is -0.449. The van der Waals surface area contributed by atoms with Gasteiger partial charge in [-0.25, -0.2) is 4.39 Å². The normalized spacial score (nSPS) is 20.7. The number of anilines is 1. The topological polar surface area (TPSA) is 51.2 Å². The summed E-state index contributed by atoms with van der Waals surface area (Å²) in [5.41, 5.74) is 4.76. The first-order valence-corrected chi connectivity index (χ1v) is 12.2. The summed E-state index contributed by atoms with van der Waals surface area (Å²) in [6, 6.07) is 20.7. The first kappa shape index (κ1) is 23.8. The Morgan fingerprint density at radius 2 is 1.66 bits per heavy atom. The highest BCUT2D eigenvalue weighted by Gasteiger charge is 2.35. The molecule has 0 spiro atoms.